The normalized spacial score (nSPS) is 23.8. The number of carbonyl (C=O) groups excluding carboxylic acids is 2. The maximum absolute atomic E-state index is 12.5. The highest BCUT2D eigenvalue weighted by molar-refractivity contribution is 5.89. The van der Waals surface area contributed by atoms with Gasteiger partial charge < -0.3 is 14.2 Å². The van der Waals surface area contributed by atoms with Crippen molar-refractivity contribution in [1.82, 2.24) is 19.9 Å². The molecule has 1 aromatic heterocycles. The van der Waals surface area contributed by atoms with E-state index in [4.69, 9.17) is 14.2 Å². The first kappa shape index (κ1) is 24.3. The number of hydrogen-bond acceptors (Lipinski definition) is 8. The minimum Gasteiger partial charge on any atom is -0.470 e. The van der Waals surface area contributed by atoms with E-state index < -0.39 is 36.5 Å². The van der Waals surface area contributed by atoms with Crippen molar-refractivity contribution in [1.29, 1.82) is 0 Å². The van der Waals surface area contributed by atoms with Gasteiger partial charge in [0.25, 0.3) is 0 Å². The van der Waals surface area contributed by atoms with E-state index in [0.29, 0.717) is 11.3 Å². The summed E-state index contributed by atoms with van der Waals surface area (Å²) in [5, 5.41) is 11.0. The predicted molar refractivity (Wildman–Crippen MR) is 146 cm³/mol. The summed E-state index contributed by atoms with van der Waals surface area (Å²) < 4.78 is 20.2. The Labute approximate surface area is 229 Å². The zero-order valence-electron chi connectivity index (χ0n) is 21.9. The number of fused-ring (bicyclic) bond motifs is 5. The molecule has 7 rings (SSSR count). The Bertz CT molecular complexity index is 1750. The molecule has 0 spiro atoms. The topological polar surface area (TPSA) is 95.8 Å². The third-order valence-corrected chi connectivity index (χ3v) is 7.60. The van der Waals surface area contributed by atoms with Crippen molar-refractivity contribution in [3.8, 4) is 5.75 Å². The summed E-state index contributed by atoms with van der Waals surface area (Å²) in [5.41, 5.74) is 3.42. The third-order valence-electron chi connectivity index (χ3n) is 7.60. The number of hydrogen-bond donors (Lipinski definition) is 0. The molecule has 9 heteroatoms. The van der Waals surface area contributed by atoms with E-state index in [1.165, 1.54) is 13.8 Å². The van der Waals surface area contributed by atoms with E-state index in [-0.39, 0.29) is 6.04 Å². The Kier molecular flexibility index (Phi) is 5.74. The summed E-state index contributed by atoms with van der Waals surface area (Å²) in [6.45, 7) is 2.68. The molecule has 2 aliphatic rings. The molecule has 0 amide bonds. The summed E-state index contributed by atoms with van der Waals surface area (Å²) in [4.78, 5) is 27.0. The number of esters is 2. The molecule has 5 aromatic rings. The molecule has 0 bridgehead atoms. The van der Waals surface area contributed by atoms with Gasteiger partial charge in [-0.05, 0) is 34.5 Å². The van der Waals surface area contributed by atoms with E-state index in [2.05, 4.69) is 39.5 Å². The molecule has 9 nitrogen and oxygen atoms in total. The van der Waals surface area contributed by atoms with Crippen molar-refractivity contribution in [2.75, 3.05) is 0 Å². The van der Waals surface area contributed by atoms with Gasteiger partial charge in [-0.15, -0.1) is 5.10 Å². The Morgan fingerprint density at radius 1 is 0.800 bits per heavy atom. The van der Waals surface area contributed by atoms with Crippen molar-refractivity contribution in [3.05, 3.63) is 102 Å². The Hall–Kier alpha value is -4.76. The van der Waals surface area contributed by atoms with Gasteiger partial charge in [0.1, 0.15) is 11.3 Å². The molecule has 1 saturated heterocycles. The van der Waals surface area contributed by atoms with Crippen molar-refractivity contribution in [3.63, 3.8) is 0 Å². The van der Waals surface area contributed by atoms with Gasteiger partial charge in [-0.2, -0.15) is 0 Å². The lowest BCUT2D eigenvalue weighted by molar-refractivity contribution is -0.169. The van der Waals surface area contributed by atoms with Crippen LogP contribution >= 0.6 is 0 Å². The molecule has 0 saturated carbocycles. The fourth-order valence-corrected chi connectivity index (χ4v) is 6.15. The van der Waals surface area contributed by atoms with Gasteiger partial charge in [-0.25, -0.2) is 9.58 Å². The van der Waals surface area contributed by atoms with Gasteiger partial charge in [0.15, 0.2) is 24.6 Å². The smallest absolute Gasteiger partial charge is 0.303 e. The van der Waals surface area contributed by atoms with Gasteiger partial charge in [0.2, 0.25) is 0 Å². The van der Waals surface area contributed by atoms with E-state index in [0.717, 1.165) is 27.4 Å². The molecule has 3 heterocycles. The lowest BCUT2D eigenvalue weighted by atomic mass is 9.90. The quantitative estimate of drug-likeness (QED) is 0.304. The lowest BCUT2D eigenvalue weighted by Crippen LogP contribution is -2.48. The molecule has 1 fully saturated rings. The minimum absolute atomic E-state index is 0.354. The molecular weight excluding hydrogens is 508 g/mol. The molecule has 0 N–H and O–H groups in total. The monoisotopic (exact) mass is 534 g/mol. The zero-order valence-corrected chi connectivity index (χ0v) is 21.9. The van der Waals surface area contributed by atoms with E-state index in [1.54, 1.807) is 4.68 Å². The first-order valence-electron chi connectivity index (χ1n) is 13.2. The SMILES string of the molecule is CC(=O)O[C@@H]1[C@H](OC(C)=O)[C@@H]2Oc3ccc4ccccc4c3[C@H](c3ccccc3)N2[C@H]1n1nnc2ccccc21. The van der Waals surface area contributed by atoms with Crippen LogP contribution in [0.25, 0.3) is 21.8 Å². The molecule has 5 atom stereocenters. The molecule has 200 valence electrons. The number of rotatable bonds is 4. The summed E-state index contributed by atoms with van der Waals surface area (Å²) in [6.07, 6.45) is -3.34. The van der Waals surface area contributed by atoms with E-state index >= 15 is 0 Å². The highest BCUT2D eigenvalue weighted by Crippen LogP contribution is 2.52. The molecule has 40 heavy (non-hydrogen) atoms. The summed E-state index contributed by atoms with van der Waals surface area (Å²) in [5.74, 6) is -0.331. The number of carbonyl (C=O) groups is 2. The van der Waals surface area contributed by atoms with Gasteiger partial charge in [0, 0.05) is 19.4 Å². The summed E-state index contributed by atoms with van der Waals surface area (Å²) >= 11 is 0. The molecular formula is C31H26N4O5. The largest absolute Gasteiger partial charge is 0.470 e. The first-order valence-corrected chi connectivity index (χ1v) is 13.2. The standard InChI is InChI=1S/C31H26N4O5/c1-18(36)38-28-29(39-19(2)37)31-34(30(28)35-24-15-9-8-14-23(24)32-33-35)27(21-11-4-3-5-12-21)26-22-13-7-6-10-20(22)16-17-25(26)40-31/h3-17,27-31H,1-2H3/t27-,28+,29-,30-,31-/m0/s1. The lowest BCUT2D eigenvalue weighted by Gasteiger charge is -2.42. The van der Waals surface area contributed by atoms with Crippen molar-refractivity contribution in [2.45, 2.75) is 44.5 Å². The van der Waals surface area contributed by atoms with Crippen LogP contribution in [0.5, 0.6) is 5.75 Å². The van der Waals surface area contributed by atoms with Crippen molar-refractivity contribution >= 4 is 33.7 Å². The number of ether oxygens (including phenoxy) is 3. The molecule has 0 unspecified atom stereocenters. The highest BCUT2D eigenvalue weighted by Gasteiger charge is 2.60. The van der Waals surface area contributed by atoms with Crippen LogP contribution in [0.1, 0.15) is 37.2 Å². The number of benzene rings is 4. The summed E-state index contributed by atoms with van der Waals surface area (Å²) in [6, 6.07) is 29.5. The zero-order chi connectivity index (χ0) is 27.4. The van der Waals surface area contributed by atoms with Crippen molar-refractivity contribution in [2.24, 2.45) is 0 Å². The van der Waals surface area contributed by atoms with E-state index in [1.807, 2.05) is 66.7 Å². The molecule has 0 radical (unpaired) electrons. The van der Waals surface area contributed by atoms with Gasteiger partial charge >= 0.3 is 11.9 Å². The van der Waals surface area contributed by atoms with Crippen LogP contribution < -0.4 is 4.74 Å². The third kappa shape index (κ3) is 3.81. The van der Waals surface area contributed by atoms with Gasteiger partial charge in [-0.1, -0.05) is 78.0 Å². The van der Waals surface area contributed by atoms with Crippen molar-refractivity contribution < 1.29 is 23.8 Å². The fourth-order valence-electron chi connectivity index (χ4n) is 6.15. The van der Waals surface area contributed by atoms with Crippen LogP contribution in [0.2, 0.25) is 0 Å². The number of aromatic nitrogens is 3. The van der Waals surface area contributed by atoms with Crippen LogP contribution in [-0.2, 0) is 19.1 Å². The Morgan fingerprint density at radius 2 is 1.50 bits per heavy atom. The minimum atomic E-state index is -0.930. The number of para-hydroxylation sites is 1. The van der Waals surface area contributed by atoms with Gasteiger partial charge in [-0.3, -0.25) is 9.59 Å². The second kappa shape index (κ2) is 9.46. The maximum atomic E-state index is 12.5. The highest BCUT2D eigenvalue weighted by atomic mass is 16.6. The van der Waals surface area contributed by atoms with Crippen LogP contribution in [-0.4, -0.2) is 50.3 Å². The second-order valence-corrected chi connectivity index (χ2v) is 10.1. The maximum Gasteiger partial charge on any atom is 0.303 e. The second-order valence-electron chi connectivity index (χ2n) is 10.1. The Morgan fingerprint density at radius 3 is 2.30 bits per heavy atom. The van der Waals surface area contributed by atoms with E-state index in [9.17, 15) is 9.59 Å². The fraction of sp³-hybridized carbons (Fsp3) is 0.226. The average molecular weight is 535 g/mol. The van der Waals surface area contributed by atoms with Crippen LogP contribution in [0.3, 0.4) is 0 Å². The van der Waals surface area contributed by atoms with Gasteiger partial charge in [0.05, 0.1) is 11.6 Å². The summed E-state index contributed by atoms with van der Waals surface area (Å²) in [7, 11) is 0. The van der Waals surface area contributed by atoms with Crippen LogP contribution in [0.15, 0.2) is 91.0 Å². The Balaban J connectivity index is 1.53. The predicted octanol–water partition coefficient (Wildman–Crippen LogP) is 4.77. The number of nitrogens with zero attached hydrogens (tertiary/aromatic N) is 4. The molecule has 4 aromatic carbocycles. The molecule has 2 aliphatic heterocycles. The average Bonchev–Trinajstić information content (AvgIpc) is 3.50. The van der Waals surface area contributed by atoms with Crippen LogP contribution in [0.4, 0.5) is 0 Å². The van der Waals surface area contributed by atoms with Crippen LogP contribution in [0, 0.1) is 0 Å². The first-order chi connectivity index (χ1) is 19.5. The molecule has 0 aliphatic carbocycles.